The van der Waals surface area contributed by atoms with E-state index in [0.717, 1.165) is 38.6 Å². The van der Waals surface area contributed by atoms with E-state index in [1.54, 1.807) is 0 Å². The summed E-state index contributed by atoms with van der Waals surface area (Å²) in [4.78, 5) is 27.0. The minimum absolute atomic E-state index is 0.211. The van der Waals surface area contributed by atoms with E-state index in [1.165, 1.54) is 25.7 Å². The van der Waals surface area contributed by atoms with Gasteiger partial charge in [-0.25, -0.2) is 15.0 Å². The molecule has 148 valence electrons. The second-order valence-electron chi connectivity index (χ2n) is 8.50. The Hall–Kier alpha value is -3.34. The Morgan fingerprint density at radius 3 is 2.57 bits per heavy atom. The Bertz CT molecular complexity index is 1280. The van der Waals surface area contributed by atoms with E-state index < -0.39 is 0 Å². The lowest BCUT2D eigenvalue weighted by atomic mass is 10.0. The van der Waals surface area contributed by atoms with Crippen LogP contribution >= 0.6 is 0 Å². The zero-order chi connectivity index (χ0) is 20.1. The average Bonchev–Trinajstić information content (AvgIpc) is 3.71. The van der Waals surface area contributed by atoms with Crippen molar-refractivity contribution in [1.82, 2.24) is 15.0 Å². The normalized spacial score (nSPS) is 16.1. The van der Waals surface area contributed by atoms with Crippen molar-refractivity contribution >= 4 is 33.5 Å². The third-order valence-electron chi connectivity index (χ3n) is 5.98. The van der Waals surface area contributed by atoms with E-state index in [1.807, 2.05) is 54.7 Å². The summed E-state index contributed by atoms with van der Waals surface area (Å²) in [5, 5.41) is 5.33. The van der Waals surface area contributed by atoms with Crippen molar-refractivity contribution in [1.29, 1.82) is 0 Å². The number of benzene rings is 2. The van der Waals surface area contributed by atoms with Crippen LogP contribution in [0.3, 0.4) is 0 Å². The largest absolute Gasteiger partial charge is 0.351 e. The van der Waals surface area contributed by atoms with Crippen LogP contribution in [0, 0.1) is 5.92 Å². The molecule has 30 heavy (non-hydrogen) atoms. The molecule has 0 amide bonds. The summed E-state index contributed by atoms with van der Waals surface area (Å²) in [6.45, 7) is 0. The molecular formula is C25H22N4O. The fourth-order valence-electron chi connectivity index (χ4n) is 3.94. The number of nitrogens with zero attached hydrogens (tertiary/aromatic N) is 3. The van der Waals surface area contributed by atoms with Crippen LogP contribution in [0.1, 0.15) is 42.5 Å². The maximum atomic E-state index is 12.6. The van der Waals surface area contributed by atoms with Crippen molar-refractivity contribution in [2.24, 2.45) is 5.92 Å². The number of Topliss-reactive ketones (excluding diaryl/α,β-unsaturated/α-hetero) is 1. The van der Waals surface area contributed by atoms with E-state index in [9.17, 15) is 4.79 Å². The number of carbonyl (C=O) groups is 1. The number of nitrogens with one attached hydrogen (secondary N) is 1. The summed E-state index contributed by atoms with van der Waals surface area (Å²) in [6, 6.07) is 16.4. The van der Waals surface area contributed by atoms with Crippen LogP contribution in [-0.2, 0) is 0 Å². The molecule has 0 spiro atoms. The first-order valence-electron chi connectivity index (χ1n) is 10.7. The van der Waals surface area contributed by atoms with Crippen LogP contribution in [0.5, 0.6) is 0 Å². The predicted octanol–water partition coefficient (Wildman–Crippen LogP) is 5.40. The average molecular weight is 394 g/mol. The second kappa shape index (κ2) is 6.87. The predicted molar refractivity (Wildman–Crippen MR) is 119 cm³/mol. The number of ketones is 1. The lowest BCUT2D eigenvalue weighted by Gasteiger charge is -2.12. The topological polar surface area (TPSA) is 67.8 Å². The fourth-order valence-corrected chi connectivity index (χ4v) is 3.94. The van der Waals surface area contributed by atoms with E-state index in [4.69, 9.17) is 9.97 Å². The zero-order valence-corrected chi connectivity index (χ0v) is 16.6. The summed E-state index contributed by atoms with van der Waals surface area (Å²) in [5.74, 6) is 1.44. The molecule has 0 unspecified atom stereocenters. The number of anilines is 1. The molecule has 5 heteroatoms. The highest BCUT2D eigenvalue weighted by atomic mass is 16.1. The SMILES string of the molecule is O=C(CC1CC1)c1ccc2c(c1)nc(-c1ccccc1)c1nc(NC3CC3)ncc12. The van der Waals surface area contributed by atoms with Crippen LogP contribution in [-0.4, -0.2) is 26.8 Å². The summed E-state index contributed by atoms with van der Waals surface area (Å²) in [7, 11) is 0. The number of pyridine rings is 1. The molecular weight excluding hydrogens is 372 g/mol. The lowest BCUT2D eigenvalue weighted by molar-refractivity contribution is 0.0976. The quantitative estimate of drug-likeness (QED) is 0.350. The summed E-state index contributed by atoms with van der Waals surface area (Å²) in [6.07, 6.45) is 7.21. The molecule has 0 radical (unpaired) electrons. The van der Waals surface area contributed by atoms with E-state index in [-0.39, 0.29) is 5.78 Å². The highest BCUT2D eigenvalue weighted by molar-refractivity contribution is 6.11. The van der Waals surface area contributed by atoms with Crippen LogP contribution in [0.2, 0.25) is 0 Å². The van der Waals surface area contributed by atoms with Gasteiger partial charge in [0, 0.05) is 40.6 Å². The Morgan fingerprint density at radius 2 is 1.80 bits per heavy atom. The fraction of sp³-hybridized carbons (Fsp3) is 0.280. The number of carbonyl (C=O) groups excluding carboxylic acids is 1. The monoisotopic (exact) mass is 394 g/mol. The number of aromatic nitrogens is 3. The molecule has 1 N–H and O–H groups in total. The molecule has 2 aliphatic rings. The Balaban J connectivity index is 1.54. The standard InChI is InChI=1S/C25H22N4O/c30-22(12-15-6-7-15)17-8-11-19-20-14-26-25(27-18-9-10-18)29-24(20)23(28-21(19)13-17)16-4-2-1-3-5-16/h1-5,8,11,13-15,18H,6-7,9-10,12H2,(H,26,27,29). The third-order valence-corrected chi connectivity index (χ3v) is 5.98. The molecule has 2 aromatic carbocycles. The minimum Gasteiger partial charge on any atom is -0.351 e. The highest BCUT2D eigenvalue weighted by Gasteiger charge is 2.25. The van der Waals surface area contributed by atoms with Crippen LogP contribution in [0.4, 0.5) is 5.95 Å². The van der Waals surface area contributed by atoms with Gasteiger partial charge in [-0.15, -0.1) is 0 Å². The number of hydrogen-bond donors (Lipinski definition) is 1. The highest BCUT2D eigenvalue weighted by Crippen LogP contribution is 2.35. The first-order valence-corrected chi connectivity index (χ1v) is 10.7. The molecule has 2 aromatic heterocycles. The van der Waals surface area contributed by atoms with Crippen molar-refractivity contribution in [2.45, 2.75) is 38.1 Å². The van der Waals surface area contributed by atoms with Crippen molar-refractivity contribution in [3.05, 3.63) is 60.3 Å². The molecule has 0 atom stereocenters. The van der Waals surface area contributed by atoms with Crippen LogP contribution < -0.4 is 5.32 Å². The Kier molecular flexibility index (Phi) is 4.01. The van der Waals surface area contributed by atoms with Gasteiger partial charge in [0.25, 0.3) is 0 Å². The molecule has 2 fully saturated rings. The molecule has 5 nitrogen and oxygen atoms in total. The second-order valence-corrected chi connectivity index (χ2v) is 8.50. The number of hydrogen-bond acceptors (Lipinski definition) is 5. The maximum Gasteiger partial charge on any atom is 0.223 e. The first-order chi connectivity index (χ1) is 14.7. The van der Waals surface area contributed by atoms with Gasteiger partial charge in [0.1, 0.15) is 5.52 Å². The Labute approximate surface area is 174 Å². The van der Waals surface area contributed by atoms with Gasteiger partial charge in [0.15, 0.2) is 5.78 Å². The molecule has 0 aliphatic heterocycles. The summed E-state index contributed by atoms with van der Waals surface area (Å²) >= 11 is 0. The third kappa shape index (κ3) is 3.30. The molecule has 2 aliphatic carbocycles. The first kappa shape index (κ1) is 17.5. The van der Waals surface area contributed by atoms with Gasteiger partial charge >= 0.3 is 0 Å². The Morgan fingerprint density at radius 1 is 0.967 bits per heavy atom. The maximum absolute atomic E-state index is 12.6. The van der Waals surface area contributed by atoms with E-state index in [0.29, 0.717) is 24.3 Å². The molecule has 0 bridgehead atoms. The zero-order valence-electron chi connectivity index (χ0n) is 16.6. The smallest absolute Gasteiger partial charge is 0.223 e. The van der Waals surface area contributed by atoms with Gasteiger partial charge in [-0.2, -0.15) is 0 Å². The lowest BCUT2D eigenvalue weighted by Crippen LogP contribution is -2.06. The number of rotatable bonds is 6. The molecule has 0 saturated heterocycles. The van der Waals surface area contributed by atoms with Crippen molar-refractivity contribution in [2.75, 3.05) is 5.32 Å². The van der Waals surface area contributed by atoms with Gasteiger partial charge in [-0.3, -0.25) is 4.79 Å². The molecule has 2 heterocycles. The van der Waals surface area contributed by atoms with Crippen LogP contribution in [0.25, 0.3) is 33.1 Å². The van der Waals surface area contributed by atoms with E-state index >= 15 is 0 Å². The minimum atomic E-state index is 0.211. The van der Waals surface area contributed by atoms with Crippen molar-refractivity contribution in [3.8, 4) is 11.3 Å². The number of fused-ring (bicyclic) bond motifs is 3. The van der Waals surface area contributed by atoms with Gasteiger partial charge in [0.2, 0.25) is 5.95 Å². The molecule has 4 aromatic rings. The van der Waals surface area contributed by atoms with Crippen molar-refractivity contribution in [3.63, 3.8) is 0 Å². The summed E-state index contributed by atoms with van der Waals surface area (Å²) < 4.78 is 0. The van der Waals surface area contributed by atoms with Crippen LogP contribution in [0.15, 0.2) is 54.7 Å². The molecule has 6 rings (SSSR count). The van der Waals surface area contributed by atoms with Crippen molar-refractivity contribution < 1.29 is 4.79 Å². The van der Waals surface area contributed by atoms with Gasteiger partial charge in [-0.1, -0.05) is 42.5 Å². The van der Waals surface area contributed by atoms with Gasteiger partial charge < -0.3 is 5.32 Å². The van der Waals surface area contributed by atoms with E-state index in [2.05, 4.69) is 10.3 Å². The van der Waals surface area contributed by atoms with Gasteiger partial charge in [0.05, 0.1) is 11.2 Å². The van der Waals surface area contributed by atoms with Gasteiger partial charge in [-0.05, 0) is 37.7 Å². The summed E-state index contributed by atoms with van der Waals surface area (Å²) in [5.41, 5.74) is 4.23. The molecule has 2 saturated carbocycles.